The van der Waals surface area contributed by atoms with E-state index in [-0.39, 0.29) is 11.7 Å². The normalized spacial score (nSPS) is 10.9. The molecule has 1 amide bonds. The molecule has 0 saturated carbocycles. The summed E-state index contributed by atoms with van der Waals surface area (Å²) in [5.41, 5.74) is 4.93. The summed E-state index contributed by atoms with van der Waals surface area (Å²) in [5.74, 6) is -0.281. The van der Waals surface area contributed by atoms with E-state index >= 15 is 0 Å². The highest BCUT2D eigenvalue weighted by Crippen LogP contribution is 2.25. The summed E-state index contributed by atoms with van der Waals surface area (Å²) in [6.07, 6.45) is 1.98. The lowest BCUT2D eigenvalue weighted by atomic mass is 9.99. The van der Waals surface area contributed by atoms with E-state index in [0.717, 1.165) is 28.9 Å². The number of aryl methyl sites for hydroxylation is 2. The highest BCUT2D eigenvalue weighted by molar-refractivity contribution is 5.94. The third-order valence-corrected chi connectivity index (χ3v) is 4.84. The number of benzene rings is 2. The van der Waals surface area contributed by atoms with E-state index in [4.69, 9.17) is 0 Å². The van der Waals surface area contributed by atoms with Crippen LogP contribution in [0.25, 0.3) is 11.1 Å². The van der Waals surface area contributed by atoms with Crippen molar-refractivity contribution in [2.24, 2.45) is 0 Å². The van der Waals surface area contributed by atoms with Crippen molar-refractivity contribution in [1.29, 1.82) is 0 Å². The topological polar surface area (TPSA) is 38.1 Å². The molecular weight excluding hydrogens is 341 g/mol. The quantitative estimate of drug-likeness (QED) is 0.663. The summed E-state index contributed by atoms with van der Waals surface area (Å²) >= 11 is 0. The number of rotatable bonds is 5. The SMILES string of the molecule is CCn1cc(CN(C)C(=O)c2ccc(-c3cccc(F)c3C)cc2)c(C)n1. The molecule has 27 heavy (non-hydrogen) atoms. The van der Waals surface area contributed by atoms with E-state index < -0.39 is 0 Å². The van der Waals surface area contributed by atoms with Crippen molar-refractivity contribution in [3.8, 4) is 11.1 Å². The van der Waals surface area contributed by atoms with Gasteiger partial charge in [-0.05, 0) is 55.7 Å². The maximum absolute atomic E-state index is 13.8. The second-order valence-electron chi connectivity index (χ2n) is 6.75. The van der Waals surface area contributed by atoms with E-state index in [1.807, 2.05) is 42.9 Å². The number of carbonyl (C=O) groups is 1. The summed E-state index contributed by atoms with van der Waals surface area (Å²) in [7, 11) is 1.79. The van der Waals surface area contributed by atoms with E-state index in [1.54, 1.807) is 37.1 Å². The number of amides is 1. The molecule has 0 fully saturated rings. The average Bonchev–Trinajstić information content (AvgIpc) is 3.03. The van der Waals surface area contributed by atoms with E-state index in [9.17, 15) is 9.18 Å². The van der Waals surface area contributed by atoms with Gasteiger partial charge in [-0.2, -0.15) is 5.10 Å². The van der Waals surface area contributed by atoms with Gasteiger partial charge >= 0.3 is 0 Å². The Morgan fingerprint density at radius 1 is 1.15 bits per heavy atom. The van der Waals surface area contributed by atoms with E-state index in [1.165, 1.54) is 6.07 Å². The lowest BCUT2D eigenvalue weighted by molar-refractivity contribution is 0.0785. The highest BCUT2D eigenvalue weighted by Gasteiger charge is 2.15. The fourth-order valence-corrected chi connectivity index (χ4v) is 3.14. The minimum Gasteiger partial charge on any atom is -0.337 e. The first kappa shape index (κ1) is 18.8. The molecule has 3 rings (SSSR count). The van der Waals surface area contributed by atoms with Crippen LogP contribution in [0.3, 0.4) is 0 Å². The van der Waals surface area contributed by atoms with Crippen molar-refractivity contribution in [2.75, 3.05) is 7.05 Å². The van der Waals surface area contributed by atoms with Gasteiger partial charge in [0, 0.05) is 37.5 Å². The fraction of sp³-hybridized carbons (Fsp3) is 0.273. The van der Waals surface area contributed by atoms with Gasteiger partial charge in [-0.1, -0.05) is 24.3 Å². The van der Waals surface area contributed by atoms with E-state index in [0.29, 0.717) is 17.7 Å². The third kappa shape index (κ3) is 3.92. The predicted octanol–water partition coefficient (Wildman–Crippen LogP) is 4.60. The van der Waals surface area contributed by atoms with Crippen LogP contribution in [0.2, 0.25) is 0 Å². The van der Waals surface area contributed by atoms with Crippen LogP contribution in [-0.4, -0.2) is 27.6 Å². The van der Waals surface area contributed by atoms with Crippen LogP contribution in [0.4, 0.5) is 4.39 Å². The van der Waals surface area contributed by atoms with Crippen molar-refractivity contribution in [1.82, 2.24) is 14.7 Å². The molecule has 0 atom stereocenters. The van der Waals surface area contributed by atoms with Crippen molar-refractivity contribution in [3.05, 3.63) is 76.9 Å². The molecule has 140 valence electrons. The average molecular weight is 365 g/mol. The fourth-order valence-electron chi connectivity index (χ4n) is 3.14. The molecule has 0 unspecified atom stereocenters. The maximum atomic E-state index is 13.8. The summed E-state index contributed by atoms with van der Waals surface area (Å²) in [6.45, 7) is 7.06. The standard InChI is InChI=1S/C22H24FN3O/c1-5-26-14-19(16(3)24-26)13-25(4)22(27)18-11-9-17(10-12-18)20-7-6-8-21(23)15(20)2/h6-12,14H,5,13H2,1-4H3. The van der Waals surface area contributed by atoms with Crippen LogP contribution < -0.4 is 0 Å². The number of halogens is 1. The van der Waals surface area contributed by atoms with Gasteiger partial charge in [0.25, 0.3) is 5.91 Å². The van der Waals surface area contributed by atoms with E-state index in [2.05, 4.69) is 5.10 Å². The zero-order valence-electron chi connectivity index (χ0n) is 16.2. The summed E-state index contributed by atoms with van der Waals surface area (Å²) < 4.78 is 15.7. The molecule has 0 spiro atoms. The lowest BCUT2D eigenvalue weighted by Crippen LogP contribution is -2.26. The summed E-state index contributed by atoms with van der Waals surface area (Å²) in [5, 5.41) is 4.42. The van der Waals surface area contributed by atoms with Gasteiger partial charge in [-0.3, -0.25) is 9.48 Å². The van der Waals surface area contributed by atoms with Gasteiger partial charge in [-0.15, -0.1) is 0 Å². The Bertz CT molecular complexity index is 960. The number of nitrogens with zero attached hydrogens (tertiary/aromatic N) is 3. The highest BCUT2D eigenvalue weighted by atomic mass is 19.1. The molecule has 2 aromatic carbocycles. The first-order valence-electron chi connectivity index (χ1n) is 9.04. The van der Waals surface area contributed by atoms with Crippen LogP contribution in [0.5, 0.6) is 0 Å². The lowest BCUT2D eigenvalue weighted by Gasteiger charge is -2.17. The van der Waals surface area contributed by atoms with Crippen molar-refractivity contribution >= 4 is 5.91 Å². The Morgan fingerprint density at radius 2 is 1.85 bits per heavy atom. The number of hydrogen-bond donors (Lipinski definition) is 0. The Morgan fingerprint density at radius 3 is 2.48 bits per heavy atom. The van der Waals surface area contributed by atoms with Gasteiger partial charge in [-0.25, -0.2) is 4.39 Å². The van der Waals surface area contributed by atoms with Gasteiger partial charge in [0.2, 0.25) is 0 Å². The van der Waals surface area contributed by atoms with Crippen molar-refractivity contribution in [3.63, 3.8) is 0 Å². The number of aromatic nitrogens is 2. The molecule has 0 aliphatic carbocycles. The number of carbonyl (C=O) groups excluding carboxylic acids is 1. The molecule has 0 bridgehead atoms. The van der Waals surface area contributed by atoms with Crippen molar-refractivity contribution in [2.45, 2.75) is 33.9 Å². The molecule has 5 heteroatoms. The van der Waals surface area contributed by atoms with Gasteiger partial charge in [0.05, 0.1) is 5.69 Å². The van der Waals surface area contributed by atoms with Crippen LogP contribution in [0.15, 0.2) is 48.7 Å². The molecule has 0 radical (unpaired) electrons. The Hall–Kier alpha value is -2.95. The summed E-state index contributed by atoms with van der Waals surface area (Å²) in [4.78, 5) is 14.4. The molecule has 0 aliphatic rings. The molecule has 0 N–H and O–H groups in total. The molecule has 0 aliphatic heterocycles. The molecular formula is C22H24FN3O. The Labute approximate surface area is 159 Å². The number of hydrogen-bond acceptors (Lipinski definition) is 2. The molecule has 1 aromatic heterocycles. The largest absolute Gasteiger partial charge is 0.337 e. The van der Waals surface area contributed by atoms with Gasteiger partial charge in [0.15, 0.2) is 0 Å². The molecule has 3 aromatic rings. The molecule has 4 nitrogen and oxygen atoms in total. The van der Waals surface area contributed by atoms with Crippen LogP contribution in [-0.2, 0) is 13.1 Å². The maximum Gasteiger partial charge on any atom is 0.253 e. The van der Waals surface area contributed by atoms with Crippen molar-refractivity contribution < 1.29 is 9.18 Å². The van der Waals surface area contributed by atoms with Crippen LogP contribution >= 0.6 is 0 Å². The third-order valence-electron chi connectivity index (χ3n) is 4.84. The molecule has 1 heterocycles. The first-order chi connectivity index (χ1) is 12.9. The second kappa shape index (κ2) is 7.74. The zero-order valence-corrected chi connectivity index (χ0v) is 16.2. The first-order valence-corrected chi connectivity index (χ1v) is 9.04. The van der Waals surface area contributed by atoms with Crippen LogP contribution in [0, 0.1) is 19.7 Å². The summed E-state index contributed by atoms with van der Waals surface area (Å²) in [6, 6.07) is 12.3. The monoisotopic (exact) mass is 365 g/mol. The Kier molecular flexibility index (Phi) is 5.40. The predicted molar refractivity (Wildman–Crippen MR) is 105 cm³/mol. The van der Waals surface area contributed by atoms with Gasteiger partial charge < -0.3 is 4.90 Å². The smallest absolute Gasteiger partial charge is 0.253 e. The zero-order chi connectivity index (χ0) is 19.6. The minimum atomic E-state index is -0.226. The Balaban J connectivity index is 1.77. The minimum absolute atomic E-state index is 0.0545. The van der Waals surface area contributed by atoms with Gasteiger partial charge in [0.1, 0.15) is 5.82 Å². The second-order valence-corrected chi connectivity index (χ2v) is 6.75. The van der Waals surface area contributed by atoms with Crippen LogP contribution in [0.1, 0.15) is 34.1 Å². The molecule has 0 saturated heterocycles.